The van der Waals surface area contributed by atoms with Gasteiger partial charge in [-0.25, -0.2) is 9.97 Å². The number of hydrogen-bond donors (Lipinski definition) is 2. The summed E-state index contributed by atoms with van der Waals surface area (Å²) in [5, 5.41) is 3.33. The highest BCUT2D eigenvalue weighted by atomic mass is 16.5. The molecule has 0 aliphatic carbocycles. The van der Waals surface area contributed by atoms with Crippen molar-refractivity contribution in [2.24, 2.45) is 0 Å². The molecule has 2 aromatic heterocycles. The molecule has 0 spiro atoms. The minimum Gasteiger partial charge on any atom is -0.439 e. The Kier molecular flexibility index (Phi) is 5.75. The van der Waals surface area contributed by atoms with E-state index >= 15 is 0 Å². The van der Waals surface area contributed by atoms with Gasteiger partial charge in [0.25, 0.3) is 5.56 Å². The number of nitrogens with one attached hydrogen (secondary N) is 2. The zero-order chi connectivity index (χ0) is 21.8. The van der Waals surface area contributed by atoms with Crippen LogP contribution in [0.5, 0.6) is 11.6 Å². The molecule has 1 amide bonds. The average Bonchev–Trinajstić information content (AvgIpc) is 2.76. The molecule has 31 heavy (non-hydrogen) atoms. The highest BCUT2D eigenvalue weighted by molar-refractivity contribution is 5.90. The maximum atomic E-state index is 12.3. The third kappa shape index (κ3) is 4.95. The number of nitrogens with zero attached hydrogens (tertiary/aromatic N) is 2. The summed E-state index contributed by atoms with van der Waals surface area (Å²) in [5.74, 6) is 1.44. The highest BCUT2D eigenvalue weighted by Gasteiger charge is 2.08. The topological polar surface area (TPSA) is 97.0 Å². The smallest absolute Gasteiger partial charge is 0.258 e. The van der Waals surface area contributed by atoms with E-state index in [2.05, 4.69) is 20.3 Å². The summed E-state index contributed by atoms with van der Waals surface area (Å²) in [7, 11) is 0. The first kappa shape index (κ1) is 20.3. The lowest BCUT2D eigenvalue weighted by Crippen LogP contribution is -2.16. The zero-order valence-electron chi connectivity index (χ0n) is 17.3. The molecule has 7 nitrogen and oxygen atoms in total. The van der Waals surface area contributed by atoms with Gasteiger partial charge in [-0.2, -0.15) is 0 Å². The fourth-order valence-corrected chi connectivity index (χ4v) is 3.12. The van der Waals surface area contributed by atoms with Crippen molar-refractivity contribution in [2.75, 3.05) is 5.32 Å². The summed E-state index contributed by atoms with van der Waals surface area (Å²) in [6.07, 6.45) is 2.06. The first-order chi connectivity index (χ1) is 15.0. The Labute approximate surface area is 179 Å². The molecule has 2 N–H and O–H groups in total. The number of H-pyrrole nitrogens is 1. The summed E-state index contributed by atoms with van der Waals surface area (Å²) in [6.45, 7) is 4.07. The molecule has 2 heterocycles. The number of pyridine rings is 1. The van der Waals surface area contributed by atoms with Gasteiger partial charge in [-0.15, -0.1) is 0 Å². The molecule has 4 aromatic rings. The number of benzene rings is 2. The Morgan fingerprint density at radius 3 is 2.68 bits per heavy atom. The van der Waals surface area contributed by atoms with E-state index in [-0.39, 0.29) is 17.9 Å². The predicted molar refractivity (Wildman–Crippen MR) is 120 cm³/mol. The third-order valence-electron chi connectivity index (χ3n) is 4.97. The lowest BCUT2D eigenvalue weighted by molar-refractivity contribution is -0.116. The number of para-hydroxylation sites is 1. The second kappa shape index (κ2) is 8.79. The van der Waals surface area contributed by atoms with Gasteiger partial charge in [-0.3, -0.25) is 9.59 Å². The number of fused-ring (bicyclic) bond motifs is 1. The Hall–Kier alpha value is -4.00. The number of rotatable bonds is 6. The molecular formula is C24H22N4O3. The van der Waals surface area contributed by atoms with Crippen molar-refractivity contribution < 1.29 is 9.53 Å². The Bertz CT molecular complexity index is 1300. The fourth-order valence-electron chi connectivity index (χ4n) is 3.12. The number of carbonyl (C=O) groups excluding carboxylic acids is 1. The van der Waals surface area contributed by atoms with Crippen molar-refractivity contribution in [1.29, 1.82) is 0 Å². The Morgan fingerprint density at radius 2 is 1.90 bits per heavy atom. The van der Waals surface area contributed by atoms with Crippen LogP contribution in [0.25, 0.3) is 10.9 Å². The number of ether oxygens (including phenoxy) is 1. The van der Waals surface area contributed by atoms with Crippen LogP contribution in [0, 0.1) is 13.8 Å². The molecule has 0 aliphatic rings. The van der Waals surface area contributed by atoms with Crippen LogP contribution < -0.4 is 15.6 Å². The van der Waals surface area contributed by atoms with Crippen LogP contribution in [0.15, 0.2) is 65.6 Å². The molecule has 156 valence electrons. The zero-order valence-corrected chi connectivity index (χ0v) is 17.3. The number of aromatic amines is 1. The van der Waals surface area contributed by atoms with Crippen LogP contribution in [0.2, 0.25) is 0 Å². The SMILES string of the molecule is Cc1ccc(Oc2ccc(NC(=O)CCc3nc4ccccc4c(=O)[nH]3)cn2)cc1C. The van der Waals surface area contributed by atoms with Crippen molar-refractivity contribution >= 4 is 22.5 Å². The molecule has 7 heteroatoms. The van der Waals surface area contributed by atoms with Crippen molar-refractivity contribution in [3.63, 3.8) is 0 Å². The van der Waals surface area contributed by atoms with E-state index in [1.807, 2.05) is 38.1 Å². The van der Waals surface area contributed by atoms with E-state index in [1.165, 1.54) is 5.56 Å². The van der Waals surface area contributed by atoms with Crippen LogP contribution in [-0.2, 0) is 11.2 Å². The molecule has 0 saturated heterocycles. The number of anilines is 1. The third-order valence-corrected chi connectivity index (χ3v) is 4.97. The van der Waals surface area contributed by atoms with E-state index in [9.17, 15) is 9.59 Å². The molecule has 0 fully saturated rings. The Balaban J connectivity index is 1.34. The number of aromatic nitrogens is 3. The molecular weight excluding hydrogens is 392 g/mol. The van der Waals surface area contributed by atoms with Gasteiger partial charge in [0, 0.05) is 18.9 Å². The van der Waals surface area contributed by atoms with E-state index in [0.717, 1.165) is 5.56 Å². The van der Waals surface area contributed by atoms with E-state index in [0.29, 0.717) is 40.5 Å². The maximum Gasteiger partial charge on any atom is 0.258 e. The number of carbonyl (C=O) groups is 1. The number of hydrogen-bond acceptors (Lipinski definition) is 5. The van der Waals surface area contributed by atoms with Gasteiger partial charge in [0.05, 0.1) is 22.8 Å². The van der Waals surface area contributed by atoms with Gasteiger partial charge in [-0.05, 0) is 55.3 Å². The van der Waals surface area contributed by atoms with Gasteiger partial charge in [-0.1, -0.05) is 18.2 Å². The normalized spacial score (nSPS) is 10.8. The average molecular weight is 414 g/mol. The highest BCUT2D eigenvalue weighted by Crippen LogP contribution is 2.23. The van der Waals surface area contributed by atoms with E-state index in [1.54, 1.807) is 36.5 Å². The lowest BCUT2D eigenvalue weighted by Gasteiger charge is -2.09. The first-order valence-electron chi connectivity index (χ1n) is 9.97. The van der Waals surface area contributed by atoms with Gasteiger partial charge in [0.2, 0.25) is 11.8 Å². The Morgan fingerprint density at radius 1 is 1.06 bits per heavy atom. The van der Waals surface area contributed by atoms with E-state index in [4.69, 9.17) is 4.74 Å². The van der Waals surface area contributed by atoms with Crippen LogP contribution in [0.4, 0.5) is 5.69 Å². The number of aryl methyl sites for hydroxylation is 3. The van der Waals surface area contributed by atoms with Gasteiger partial charge in [0.15, 0.2) is 0 Å². The van der Waals surface area contributed by atoms with Crippen molar-refractivity contribution in [1.82, 2.24) is 15.0 Å². The molecule has 2 aromatic carbocycles. The van der Waals surface area contributed by atoms with Crippen LogP contribution >= 0.6 is 0 Å². The van der Waals surface area contributed by atoms with Crippen molar-refractivity contribution in [2.45, 2.75) is 26.7 Å². The predicted octanol–water partition coefficient (Wildman–Crippen LogP) is 4.30. The summed E-state index contributed by atoms with van der Waals surface area (Å²) in [6, 6.07) is 16.4. The molecule has 0 saturated carbocycles. The molecule has 0 unspecified atom stereocenters. The first-order valence-corrected chi connectivity index (χ1v) is 9.97. The number of amides is 1. The van der Waals surface area contributed by atoms with Crippen molar-refractivity contribution in [3.8, 4) is 11.6 Å². The summed E-state index contributed by atoms with van der Waals surface area (Å²) < 4.78 is 5.76. The lowest BCUT2D eigenvalue weighted by atomic mass is 10.1. The fraction of sp³-hybridized carbons (Fsp3) is 0.167. The van der Waals surface area contributed by atoms with Gasteiger partial charge >= 0.3 is 0 Å². The quantitative estimate of drug-likeness (QED) is 0.490. The minimum absolute atomic E-state index is 0.183. The molecule has 0 atom stereocenters. The van der Waals surface area contributed by atoms with Gasteiger partial charge in [0.1, 0.15) is 11.6 Å². The van der Waals surface area contributed by atoms with Crippen LogP contribution in [-0.4, -0.2) is 20.9 Å². The standard InChI is InChI=1S/C24H22N4O3/c1-15-7-9-18(13-16(15)2)31-23-12-8-17(14-25-23)26-22(29)11-10-21-27-20-6-4-3-5-19(20)24(30)28-21/h3-9,12-14H,10-11H2,1-2H3,(H,26,29)(H,27,28,30). The van der Waals surface area contributed by atoms with Crippen LogP contribution in [0.3, 0.4) is 0 Å². The van der Waals surface area contributed by atoms with Crippen molar-refractivity contribution in [3.05, 3.63) is 88.1 Å². The summed E-state index contributed by atoms with van der Waals surface area (Å²) in [4.78, 5) is 35.8. The summed E-state index contributed by atoms with van der Waals surface area (Å²) >= 11 is 0. The minimum atomic E-state index is -0.204. The van der Waals surface area contributed by atoms with Gasteiger partial charge < -0.3 is 15.0 Å². The second-order valence-electron chi connectivity index (χ2n) is 7.31. The maximum absolute atomic E-state index is 12.3. The molecule has 0 aliphatic heterocycles. The van der Waals surface area contributed by atoms with E-state index < -0.39 is 0 Å². The monoisotopic (exact) mass is 414 g/mol. The molecule has 4 rings (SSSR count). The van der Waals surface area contributed by atoms with Crippen LogP contribution in [0.1, 0.15) is 23.4 Å². The summed E-state index contributed by atoms with van der Waals surface area (Å²) in [5.41, 5.74) is 3.32. The second-order valence-corrected chi connectivity index (χ2v) is 7.31. The largest absolute Gasteiger partial charge is 0.439 e. The molecule has 0 radical (unpaired) electrons. The molecule has 0 bridgehead atoms.